The lowest BCUT2D eigenvalue weighted by Gasteiger charge is -2.17. The van der Waals surface area contributed by atoms with E-state index in [-0.39, 0.29) is 6.42 Å². The van der Waals surface area contributed by atoms with Crippen LogP contribution in [0.4, 0.5) is 0 Å². The van der Waals surface area contributed by atoms with E-state index in [1.54, 1.807) is 12.5 Å². The fraction of sp³-hybridized carbons (Fsp3) is 0.500. The highest BCUT2D eigenvalue weighted by atomic mass is 16.3. The minimum Gasteiger partial charge on any atom is -0.391 e. The number of amides is 1. The minimum atomic E-state index is -1.06. The van der Waals surface area contributed by atoms with Gasteiger partial charge in [-0.1, -0.05) is 0 Å². The molecule has 93 valence electrons. The van der Waals surface area contributed by atoms with E-state index in [4.69, 9.17) is 10.8 Å². The highest BCUT2D eigenvalue weighted by Gasteiger charge is 2.22. The summed E-state index contributed by atoms with van der Waals surface area (Å²) in [5, 5.41) is 11.5. The Morgan fingerprint density at radius 2 is 2.47 bits per heavy atom. The fourth-order valence-corrected chi connectivity index (χ4v) is 1.22. The molecule has 17 heavy (non-hydrogen) atoms. The van der Waals surface area contributed by atoms with Gasteiger partial charge in [-0.15, -0.1) is 0 Å². The Bertz CT molecular complexity index is 364. The standard InChI is InChI=1S/C10H15N4O3/c1-6(16)9(11)10(17)14-8(4-15)2-7-3-12-5-13-7/h3,5-6,8-9,16H,2,11H2,1H3,(H,12,13)(H,14,17)/t6-,8+,9+/m1/s1. The second kappa shape index (κ2) is 6.12. The van der Waals surface area contributed by atoms with Crippen molar-refractivity contribution in [3.63, 3.8) is 0 Å². The van der Waals surface area contributed by atoms with E-state index < -0.39 is 24.1 Å². The van der Waals surface area contributed by atoms with Gasteiger partial charge >= 0.3 is 0 Å². The Hall–Kier alpha value is -1.73. The summed E-state index contributed by atoms with van der Waals surface area (Å²) in [4.78, 5) is 28.8. The number of imidazole rings is 1. The number of carbonyl (C=O) groups is 1. The van der Waals surface area contributed by atoms with Crippen molar-refractivity contribution >= 4 is 12.2 Å². The number of nitrogens with two attached hydrogens (primary N) is 1. The van der Waals surface area contributed by atoms with Gasteiger partial charge in [-0.25, -0.2) is 4.98 Å². The van der Waals surface area contributed by atoms with Crippen molar-refractivity contribution in [1.82, 2.24) is 15.3 Å². The number of aromatic amines is 1. The van der Waals surface area contributed by atoms with Crippen LogP contribution in [0.2, 0.25) is 0 Å². The van der Waals surface area contributed by atoms with Crippen LogP contribution in [-0.2, 0) is 16.0 Å². The number of nitrogens with one attached hydrogen (secondary N) is 2. The predicted molar refractivity (Wildman–Crippen MR) is 59.6 cm³/mol. The molecule has 5 N–H and O–H groups in total. The molecule has 0 bridgehead atoms. The van der Waals surface area contributed by atoms with Crippen LogP contribution < -0.4 is 11.1 Å². The van der Waals surface area contributed by atoms with Gasteiger partial charge in [-0.3, -0.25) is 9.59 Å². The summed E-state index contributed by atoms with van der Waals surface area (Å²) in [5.41, 5.74) is 6.05. The number of hydrogen-bond donors (Lipinski definition) is 4. The third-order valence-electron chi connectivity index (χ3n) is 2.25. The largest absolute Gasteiger partial charge is 0.391 e. The summed E-state index contributed by atoms with van der Waals surface area (Å²) in [6.07, 6.45) is 4.03. The van der Waals surface area contributed by atoms with Crippen molar-refractivity contribution in [2.24, 2.45) is 5.73 Å². The second-order valence-electron chi connectivity index (χ2n) is 3.71. The number of nitrogens with zero attached hydrogens (tertiary/aromatic N) is 1. The molecule has 7 heteroatoms. The number of H-pyrrole nitrogens is 1. The number of aliphatic hydroxyl groups excluding tert-OH is 1. The van der Waals surface area contributed by atoms with Gasteiger partial charge in [0, 0.05) is 12.6 Å². The van der Waals surface area contributed by atoms with E-state index in [0.717, 1.165) is 0 Å². The SMILES string of the molecule is C[C@@H](O)[C@H](N)C(=O)N[C@H]([C]=O)Cc1c[nH]cn1. The van der Waals surface area contributed by atoms with Crippen molar-refractivity contribution < 1.29 is 14.7 Å². The Morgan fingerprint density at radius 3 is 2.94 bits per heavy atom. The van der Waals surface area contributed by atoms with E-state index in [1.165, 1.54) is 13.3 Å². The summed E-state index contributed by atoms with van der Waals surface area (Å²) in [6, 6.07) is -1.89. The van der Waals surface area contributed by atoms with Crippen molar-refractivity contribution in [3.05, 3.63) is 18.2 Å². The number of carbonyl (C=O) groups excluding carboxylic acids is 2. The summed E-state index contributed by atoms with van der Waals surface area (Å²) in [5.74, 6) is -0.594. The maximum atomic E-state index is 11.5. The van der Waals surface area contributed by atoms with Crippen LogP contribution in [0.5, 0.6) is 0 Å². The van der Waals surface area contributed by atoms with Crippen LogP contribution in [0.3, 0.4) is 0 Å². The molecule has 0 unspecified atom stereocenters. The Morgan fingerprint density at radius 1 is 1.76 bits per heavy atom. The molecule has 1 amide bonds. The quantitative estimate of drug-likeness (QED) is 0.469. The molecule has 0 spiro atoms. The molecular weight excluding hydrogens is 224 g/mol. The average molecular weight is 239 g/mol. The van der Waals surface area contributed by atoms with Crippen molar-refractivity contribution in [3.8, 4) is 0 Å². The van der Waals surface area contributed by atoms with Gasteiger partial charge in [-0.05, 0) is 6.92 Å². The lowest BCUT2D eigenvalue weighted by atomic mass is 10.1. The summed E-state index contributed by atoms with van der Waals surface area (Å²) < 4.78 is 0. The first-order valence-corrected chi connectivity index (χ1v) is 5.14. The van der Waals surface area contributed by atoms with Crippen LogP contribution in [0.1, 0.15) is 12.6 Å². The van der Waals surface area contributed by atoms with Gasteiger partial charge in [-0.2, -0.15) is 0 Å². The molecule has 0 saturated heterocycles. The zero-order chi connectivity index (χ0) is 12.8. The number of rotatable bonds is 6. The van der Waals surface area contributed by atoms with Crippen LogP contribution in [0, 0.1) is 0 Å². The lowest BCUT2D eigenvalue weighted by molar-refractivity contribution is -0.124. The molecule has 1 aromatic rings. The first-order chi connectivity index (χ1) is 8.04. The molecule has 0 saturated carbocycles. The molecule has 0 aliphatic carbocycles. The third-order valence-corrected chi connectivity index (χ3v) is 2.25. The van der Waals surface area contributed by atoms with E-state index in [1.807, 2.05) is 0 Å². The van der Waals surface area contributed by atoms with Crippen LogP contribution in [-0.4, -0.2) is 45.5 Å². The zero-order valence-corrected chi connectivity index (χ0v) is 9.38. The highest BCUT2D eigenvalue weighted by Crippen LogP contribution is 1.97. The molecule has 3 atom stereocenters. The maximum absolute atomic E-state index is 11.5. The van der Waals surface area contributed by atoms with Crippen molar-refractivity contribution in [2.45, 2.75) is 31.5 Å². The highest BCUT2D eigenvalue weighted by molar-refractivity contribution is 5.84. The molecule has 1 radical (unpaired) electrons. The average Bonchev–Trinajstić information content (AvgIpc) is 2.79. The molecule has 1 aromatic heterocycles. The molecule has 0 aliphatic rings. The molecule has 0 fully saturated rings. The molecule has 1 rings (SSSR count). The normalized spacial score (nSPS) is 15.9. The van der Waals surface area contributed by atoms with Crippen molar-refractivity contribution in [1.29, 1.82) is 0 Å². The maximum Gasteiger partial charge on any atom is 0.240 e. The topological polar surface area (TPSA) is 121 Å². The van der Waals surface area contributed by atoms with E-state index in [9.17, 15) is 9.59 Å². The van der Waals surface area contributed by atoms with Crippen molar-refractivity contribution in [2.75, 3.05) is 0 Å². The Labute approximate surface area is 98.4 Å². The van der Waals surface area contributed by atoms with Crippen LogP contribution >= 0.6 is 0 Å². The summed E-state index contributed by atoms with van der Waals surface area (Å²) in [6.45, 7) is 1.40. The van der Waals surface area contributed by atoms with Crippen LogP contribution in [0.15, 0.2) is 12.5 Å². The van der Waals surface area contributed by atoms with Gasteiger partial charge in [0.1, 0.15) is 12.1 Å². The summed E-state index contributed by atoms with van der Waals surface area (Å²) in [7, 11) is 0. The third kappa shape index (κ3) is 3.97. The first kappa shape index (κ1) is 13.3. The van der Waals surface area contributed by atoms with Gasteiger partial charge in [0.25, 0.3) is 0 Å². The molecule has 0 aliphatic heterocycles. The number of aliphatic hydroxyl groups is 1. The van der Waals surface area contributed by atoms with Crippen LogP contribution in [0.25, 0.3) is 0 Å². The van der Waals surface area contributed by atoms with Gasteiger partial charge in [0.05, 0.1) is 18.1 Å². The molecule has 0 aromatic carbocycles. The molecule has 7 nitrogen and oxygen atoms in total. The fourth-order valence-electron chi connectivity index (χ4n) is 1.22. The van der Waals surface area contributed by atoms with Gasteiger partial charge in [0.2, 0.25) is 12.2 Å². The monoisotopic (exact) mass is 239 g/mol. The van der Waals surface area contributed by atoms with E-state index in [2.05, 4.69) is 15.3 Å². The van der Waals surface area contributed by atoms with E-state index >= 15 is 0 Å². The van der Waals surface area contributed by atoms with Gasteiger partial charge in [0.15, 0.2) is 0 Å². The molecule has 1 heterocycles. The Balaban J connectivity index is 2.52. The second-order valence-corrected chi connectivity index (χ2v) is 3.71. The predicted octanol–water partition coefficient (Wildman–Crippen LogP) is -1.75. The number of hydrogen-bond acceptors (Lipinski definition) is 5. The van der Waals surface area contributed by atoms with Gasteiger partial charge < -0.3 is 21.1 Å². The smallest absolute Gasteiger partial charge is 0.240 e. The molecular formula is C10H15N4O3. The lowest BCUT2D eigenvalue weighted by Crippen LogP contribution is -2.51. The Kier molecular flexibility index (Phi) is 4.80. The summed E-state index contributed by atoms with van der Waals surface area (Å²) >= 11 is 0. The first-order valence-electron chi connectivity index (χ1n) is 5.14. The number of aromatic nitrogens is 2. The zero-order valence-electron chi connectivity index (χ0n) is 9.38. The minimum absolute atomic E-state index is 0.227. The van der Waals surface area contributed by atoms with E-state index in [0.29, 0.717) is 5.69 Å².